The van der Waals surface area contributed by atoms with Gasteiger partial charge in [-0.25, -0.2) is 0 Å². The molecule has 0 unspecified atom stereocenters. The lowest BCUT2D eigenvalue weighted by atomic mass is 10.2. The number of nitrogens with one attached hydrogen (secondary N) is 1. The summed E-state index contributed by atoms with van der Waals surface area (Å²) in [7, 11) is 2.98. The molecule has 0 aromatic carbocycles. The number of hydrogen-bond donors (Lipinski definition) is 2. The van der Waals surface area contributed by atoms with Crippen LogP contribution in [0.15, 0.2) is 0 Å². The Morgan fingerprint density at radius 1 is 1.20 bits per heavy atom. The first-order chi connectivity index (χ1) is 6.95. The molecule has 0 heterocycles. The number of amides is 2. The average molecular weight is 216 g/mol. The molecule has 0 atom stereocenters. The van der Waals surface area contributed by atoms with Crippen molar-refractivity contribution in [2.45, 2.75) is 19.3 Å². The Kier molecular flexibility index (Phi) is 6.08. The van der Waals surface area contributed by atoms with Crippen LogP contribution in [-0.4, -0.2) is 48.4 Å². The Hall–Kier alpha value is -1.59. The van der Waals surface area contributed by atoms with Crippen LogP contribution in [0.5, 0.6) is 0 Å². The summed E-state index contributed by atoms with van der Waals surface area (Å²) in [5, 5.41) is 10.7. The monoisotopic (exact) mass is 216 g/mol. The van der Waals surface area contributed by atoms with Crippen LogP contribution in [0.4, 0.5) is 0 Å². The molecule has 6 heteroatoms. The summed E-state index contributed by atoms with van der Waals surface area (Å²) in [6, 6.07) is 0. The number of carboxylic acids is 1. The van der Waals surface area contributed by atoms with Crippen LogP contribution in [0.1, 0.15) is 19.3 Å². The lowest BCUT2D eigenvalue weighted by Gasteiger charge is -2.09. The molecule has 0 aliphatic carbocycles. The van der Waals surface area contributed by atoms with Crippen molar-refractivity contribution in [1.82, 2.24) is 10.2 Å². The molecule has 0 saturated heterocycles. The van der Waals surface area contributed by atoms with Gasteiger partial charge in [0.1, 0.15) is 0 Å². The van der Waals surface area contributed by atoms with Crippen LogP contribution in [0.3, 0.4) is 0 Å². The minimum absolute atomic E-state index is 0.0809. The minimum Gasteiger partial charge on any atom is -0.481 e. The zero-order valence-electron chi connectivity index (χ0n) is 8.95. The number of unbranched alkanes of at least 4 members (excludes halogenated alkanes) is 1. The van der Waals surface area contributed by atoms with E-state index in [1.807, 2.05) is 0 Å². The molecule has 0 radical (unpaired) electrons. The van der Waals surface area contributed by atoms with E-state index in [-0.39, 0.29) is 6.42 Å². The second-order valence-electron chi connectivity index (χ2n) is 3.31. The van der Waals surface area contributed by atoms with Crippen molar-refractivity contribution in [2.24, 2.45) is 0 Å². The normalized spacial score (nSPS) is 9.47. The summed E-state index contributed by atoms with van der Waals surface area (Å²) in [6.45, 7) is 0.325. The number of carbonyl (C=O) groups excluding carboxylic acids is 2. The Morgan fingerprint density at radius 3 is 2.27 bits per heavy atom. The van der Waals surface area contributed by atoms with Crippen LogP contribution < -0.4 is 5.32 Å². The molecule has 86 valence electrons. The highest BCUT2D eigenvalue weighted by Crippen LogP contribution is 1.93. The Morgan fingerprint density at radius 2 is 1.80 bits per heavy atom. The van der Waals surface area contributed by atoms with E-state index in [1.165, 1.54) is 19.0 Å². The van der Waals surface area contributed by atoms with Crippen LogP contribution in [-0.2, 0) is 14.4 Å². The molecule has 0 aromatic heterocycles. The molecule has 0 aliphatic rings. The van der Waals surface area contributed by atoms with Crippen molar-refractivity contribution in [1.29, 1.82) is 0 Å². The van der Waals surface area contributed by atoms with E-state index in [2.05, 4.69) is 5.32 Å². The first-order valence-electron chi connectivity index (χ1n) is 4.66. The third kappa shape index (κ3) is 6.48. The van der Waals surface area contributed by atoms with E-state index in [4.69, 9.17) is 5.11 Å². The van der Waals surface area contributed by atoms with Gasteiger partial charge in [0.2, 0.25) is 0 Å². The lowest BCUT2D eigenvalue weighted by molar-refractivity contribution is -0.144. The third-order valence-electron chi connectivity index (χ3n) is 1.70. The van der Waals surface area contributed by atoms with Crippen molar-refractivity contribution >= 4 is 17.8 Å². The first kappa shape index (κ1) is 13.4. The molecule has 2 amide bonds. The number of aliphatic carboxylic acids is 1. The number of rotatable bonds is 5. The van der Waals surface area contributed by atoms with Crippen LogP contribution in [0.25, 0.3) is 0 Å². The van der Waals surface area contributed by atoms with Gasteiger partial charge in [-0.05, 0) is 12.8 Å². The van der Waals surface area contributed by atoms with Gasteiger partial charge in [0.25, 0.3) is 0 Å². The molecule has 0 aliphatic heterocycles. The summed E-state index contributed by atoms with van der Waals surface area (Å²) in [5.41, 5.74) is 0. The zero-order chi connectivity index (χ0) is 11.8. The highest BCUT2D eigenvalue weighted by Gasteiger charge is 2.14. The number of carbonyl (C=O) groups is 3. The fourth-order valence-electron chi connectivity index (χ4n) is 0.882. The summed E-state index contributed by atoms with van der Waals surface area (Å²) in [4.78, 5) is 33.4. The molecule has 6 nitrogen and oxygen atoms in total. The summed E-state index contributed by atoms with van der Waals surface area (Å²) < 4.78 is 0. The predicted molar refractivity (Wildman–Crippen MR) is 53.2 cm³/mol. The SMILES string of the molecule is CN(C)C(=O)C(=O)NCCCCC(=O)O. The van der Waals surface area contributed by atoms with Crippen molar-refractivity contribution in [2.75, 3.05) is 20.6 Å². The molecule has 0 saturated carbocycles. The third-order valence-corrected chi connectivity index (χ3v) is 1.70. The molecule has 0 spiro atoms. The van der Waals surface area contributed by atoms with E-state index < -0.39 is 17.8 Å². The molecule has 0 aromatic rings. The Balaban J connectivity index is 3.56. The molecule has 2 N–H and O–H groups in total. The highest BCUT2D eigenvalue weighted by molar-refractivity contribution is 6.34. The van der Waals surface area contributed by atoms with Crippen LogP contribution >= 0.6 is 0 Å². The van der Waals surface area contributed by atoms with Crippen LogP contribution in [0, 0.1) is 0 Å². The fraction of sp³-hybridized carbons (Fsp3) is 0.667. The Bertz CT molecular complexity index is 250. The second kappa shape index (κ2) is 6.80. The van der Waals surface area contributed by atoms with E-state index in [0.29, 0.717) is 19.4 Å². The maximum absolute atomic E-state index is 11.1. The van der Waals surface area contributed by atoms with Gasteiger partial charge in [-0.2, -0.15) is 0 Å². The fourth-order valence-corrected chi connectivity index (χ4v) is 0.882. The van der Waals surface area contributed by atoms with E-state index in [1.54, 1.807) is 0 Å². The van der Waals surface area contributed by atoms with Gasteiger partial charge in [-0.1, -0.05) is 0 Å². The van der Waals surface area contributed by atoms with Gasteiger partial charge in [-0.15, -0.1) is 0 Å². The lowest BCUT2D eigenvalue weighted by Crippen LogP contribution is -2.39. The number of nitrogens with zero attached hydrogens (tertiary/aromatic N) is 1. The summed E-state index contributed by atoms with van der Waals surface area (Å²) in [5.74, 6) is -2.12. The molecular weight excluding hydrogens is 200 g/mol. The quantitative estimate of drug-likeness (QED) is 0.476. The van der Waals surface area contributed by atoms with E-state index in [0.717, 1.165) is 0 Å². The van der Waals surface area contributed by atoms with Gasteiger partial charge in [0, 0.05) is 27.1 Å². The van der Waals surface area contributed by atoms with Gasteiger partial charge in [-0.3, -0.25) is 14.4 Å². The molecule has 15 heavy (non-hydrogen) atoms. The summed E-state index contributed by atoms with van der Waals surface area (Å²) >= 11 is 0. The maximum atomic E-state index is 11.1. The van der Waals surface area contributed by atoms with Crippen molar-refractivity contribution in [3.8, 4) is 0 Å². The molecule has 0 rings (SSSR count). The van der Waals surface area contributed by atoms with E-state index >= 15 is 0 Å². The van der Waals surface area contributed by atoms with Crippen molar-refractivity contribution in [3.05, 3.63) is 0 Å². The molecule has 0 fully saturated rings. The van der Waals surface area contributed by atoms with Gasteiger partial charge in [0.15, 0.2) is 0 Å². The van der Waals surface area contributed by atoms with Gasteiger partial charge < -0.3 is 15.3 Å². The smallest absolute Gasteiger partial charge is 0.311 e. The van der Waals surface area contributed by atoms with Crippen molar-refractivity contribution < 1.29 is 19.5 Å². The summed E-state index contributed by atoms with van der Waals surface area (Å²) in [6.07, 6.45) is 1.13. The highest BCUT2D eigenvalue weighted by atomic mass is 16.4. The standard InChI is InChI=1S/C9H16N2O4/c1-11(2)9(15)8(14)10-6-4-3-5-7(12)13/h3-6H2,1-2H3,(H,10,14)(H,12,13). The average Bonchev–Trinajstić information content (AvgIpc) is 2.15. The number of likely N-dealkylation sites (N-methyl/N-ethyl adjacent to an activating group) is 1. The number of carboxylic acid groups (broad SMARTS) is 1. The predicted octanol–water partition coefficient (Wildman–Crippen LogP) is -0.554. The van der Waals surface area contributed by atoms with Gasteiger partial charge in [0.05, 0.1) is 0 Å². The van der Waals surface area contributed by atoms with Gasteiger partial charge >= 0.3 is 17.8 Å². The zero-order valence-corrected chi connectivity index (χ0v) is 8.95. The van der Waals surface area contributed by atoms with Crippen LogP contribution in [0.2, 0.25) is 0 Å². The second-order valence-corrected chi connectivity index (χ2v) is 3.31. The molecular formula is C9H16N2O4. The largest absolute Gasteiger partial charge is 0.481 e. The molecule has 0 bridgehead atoms. The Labute approximate surface area is 88.2 Å². The number of hydrogen-bond acceptors (Lipinski definition) is 3. The maximum Gasteiger partial charge on any atom is 0.311 e. The van der Waals surface area contributed by atoms with Crippen molar-refractivity contribution in [3.63, 3.8) is 0 Å². The topological polar surface area (TPSA) is 86.7 Å². The minimum atomic E-state index is -0.856. The first-order valence-corrected chi connectivity index (χ1v) is 4.66. The van der Waals surface area contributed by atoms with E-state index in [9.17, 15) is 14.4 Å².